The van der Waals surface area contributed by atoms with Gasteiger partial charge in [-0.05, 0) is 157 Å². The average Bonchev–Trinajstić information content (AvgIpc) is 1.60. The first kappa shape index (κ1) is 95.1. The van der Waals surface area contributed by atoms with Crippen LogP contribution in [-0.4, -0.2) is 229 Å². The van der Waals surface area contributed by atoms with E-state index in [2.05, 4.69) is 64.6 Å². The number of H-pyrrole nitrogens is 1. The van der Waals surface area contributed by atoms with Crippen LogP contribution < -0.4 is 36.2 Å². The Morgan fingerprint density at radius 2 is 1.51 bits per heavy atom. The van der Waals surface area contributed by atoms with E-state index in [1.807, 2.05) is 103 Å². The van der Waals surface area contributed by atoms with Crippen LogP contribution >= 0.6 is 11.6 Å². The monoisotopic (exact) mass is 1760 g/mol. The lowest BCUT2D eigenvalue weighted by Gasteiger charge is -2.32. The molecule has 0 bridgehead atoms. The van der Waals surface area contributed by atoms with Crippen LogP contribution in [0.5, 0.6) is 11.6 Å². The standard InChI is InChI=1S/C34H41N7O5.C31H33N5O4.C24H25ClFN5O3.C2H6O3S/c1-4-6-7-10-21-46-34(44)39-32(35)24-12-15-26(16-13-24)37-23-30-38-27-22-25(14-17-28(27)40(30)3)33(43)41(20-18-31(42)45-5-2)29-11-8-9-19-36-29;1-34-15-17-36(18-16-34)20-27(37)35(2)24-12-10-23(11-13-24)32-29(21-7-5-4-6-8-21)28-25-14-9-22(31(39)40-3)19-26(25)33-30(28)38;1-31(2)8-3-4-23(32)30-21-11-17-20(12-22(21)34-16-7-9-33-13-16)27-14-28-24(17)29-15-5-6-19(26)18(25)10-15;1-2-6(3,4)5/h8-9,11-17,19,22,37H,4-7,10,18,20-21,23H2,1-3H3,(H2,35,39,44);4-14,19,33,38H,15-18,20H2,1-3H3;3-6,10-12,14,16H,7-9,13H2,1-2H3,(H,30,32)(H,27,28,29);2H2,1H3,(H,3,4,5)/b;;4-3+;/t;;16-;/m..0./s1. The number of rotatable bonds is 31. The SMILES string of the molecule is CCCCCCOC(=O)/N=C(/N)c1ccc(NCc2nc3cc(C(=O)N(CCC(=O)OCC)c4ccccn4)ccc3n2C)cc1.CCS(=O)(=O)O.CN(C)C/C=C/C(=O)Nc1cc2c(Nc3ccc(F)c(Cl)c3)ncnc2cc1O[C@H]1CCOC1.COC(=O)c1ccc2c(C(=Nc3ccc(N(C)C(=O)CN4CCN(C)CC4)cc3)c3ccccc3)c(O)[nH]c2c1. The predicted molar refractivity (Wildman–Crippen MR) is 487 cm³/mol. The second-order valence-corrected chi connectivity index (χ2v) is 31.7. The molecule has 126 heavy (non-hydrogen) atoms. The number of amidine groups is 1. The van der Waals surface area contributed by atoms with Crippen molar-refractivity contribution in [3.05, 3.63) is 233 Å². The number of esters is 2. The lowest BCUT2D eigenvalue weighted by atomic mass is 10.00. The molecule has 13 rings (SSSR count). The van der Waals surface area contributed by atoms with Gasteiger partial charge in [-0.25, -0.2) is 38.9 Å². The lowest BCUT2D eigenvalue weighted by molar-refractivity contribution is -0.142. The number of halogens is 2. The molecular formula is C91H105ClFN17O15S. The summed E-state index contributed by atoms with van der Waals surface area (Å²) in [6, 6.07) is 47.9. The molecule has 8 N–H and O–H groups in total. The maximum atomic E-state index is 13.6. The van der Waals surface area contributed by atoms with Gasteiger partial charge in [0, 0.05) is 128 Å². The number of ether oxygens (including phenoxy) is 5. The third-order valence-corrected chi connectivity index (χ3v) is 21.1. The number of aromatic amines is 1. The fraction of sp³-hybridized carbons (Fsp3) is 0.319. The normalized spacial score (nSPS) is 13.7. The number of nitrogens with one attached hydrogen (secondary N) is 4. The molecule has 0 unspecified atom stereocenters. The van der Waals surface area contributed by atoms with Gasteiger partial charge in [0.2, 0.25) is 11.8 Å². The van der Waals surface area contributed by atoms with E-state index in [0.29, 0.717) is 124 Å². The number of aryl methyl sites for hydroxylation is 1. The number of piperazine rings is 1. The van der Waals surface area contributed by atoms with Crippen molar-refractivity contribution in [3.8, 4) is 11.6 Å². The summed E-state index contributed by atoms with van der Waals surface area (Å²) in [6.45, 7) is 12.2. The summed E-state index contributed by atoms with van der Waals surface area (Å²) in [7, 11) is 7.31. The van der Waals surface area contributed by atoms with E-state index in [-0.39, 0.29) is 71.9 Å². The van der Waals surface area contributed by atoms with Crippen molar-refractivity contribution in [2.24, 2.45) is 22.8 Å². The Kier molecular flexibility index (Phi) is 35.2. The molecule has 2 aliphatic rings. The molecule has 4 amide bonds. The van der Waals surface area contributed by atoms with Crippen LogP contribution in [0, 0.1) is 5.82 Å². The molecule has 4 aromatic heterocycles. The Labute approximate surface area is 735 Å². The number of methoxy groups -OCH3 is 1. The zero-order valence-corrected chi connectivity index (χ0v) is 73.3. The van der Waals surface area contributed by atoms with Gasteiger partial charge < -0.3 is 74.7 Å². The molecule has 2 fully saturated rings. The van der Waals surface area contributed by atoms with Crippen LogP contribution in [0.2, 0.25) is 5.02 Å². The van der Waals surface area contributed by atoms with E-state index in [0.717, 1.165) is 91.9 Å². The number of pyridine rings is 1. The Morgan fingerprint density at radius 3 is 2.18 bits per heavy atom. The molecule has 7 aromatic carbocycles. The fourth-order valence-electron chi connectivity index (χ4n) is 13.1. The topological polar surface area (TPSA) is 398 Å². The molecule has 6 heterocycles. The number of unbranched alkanes of at least 4 members (excludes halogenated alkanes) is 3. The third-order valence-electron chi connectivity index (χ3n) is 20.1. The molecule has 35 heteroatoms. The van der Waals surface area contributed by atoms with Gasteiger partial charge in [0.15, 0.2) is 5.88 Å². The zero-order chi connectivity index (χ0) is 90.4. The van der Waals surface area contributed by atoms with Crippen molar-refractivity contribution in [1.29, 1.82) is 0 Å². The van der Waals surface area contributed by atoms with Gasteiger partial charge in [-0.2, -0.15) is 13.4 Å². The number of benzene rings is 7. The van der Waals surface area contributed by atoms with E-state index in [9.17, 15) is 46.7 Å². The highest BCUT2D eigenvalue weighted by atomic mass is 35.5. The quantitative estimate of drug-likeness (QED) is 0.00403. The maximum Gasteiger partial charge on any atom is 0.435 e. The Bertz CT molecular complexity index is 5770. The Morgan fingerprint density at radius 1 is 0.786 bits per heavy atom. The molecule has 0 spiro atoms. The minimum Gasteiger partial charge on any atom is -0.494 e. The minimum atomic E-state index is -3.66. The summed E-state index contributed by atoms with van der Waals surface area (Å²) in [5, 5.41) is 21.7. The van der Waals surface area contributed by atoms with E-state index < -0.39 is 28.0 Å². The number of hydrogen-bond acceptors (Lipinski definition) is 24. The molecule has 11 aromatic rings. The highest BCUT2D eigenvalue weighted by molar-refractivity contribution is 7.85. The van der Waals surface area contributed by atoms with Crippen molar-refractivity contribution >= 4 is 142 Å². The zero-order valence-electron chi connectivity index (χ0n) is 71.7. The van der Waals surface area contributed by atoms with E-state index in [4.69, 9.17) is 55.5 Å². The van der Waals surface area contributed by atoms with Gasteiger partial charge in [0.05, 0.1) is 109 Å². The highest BCUT2D eigenvalue weighted by Gasteiger charge is 2.27. The molecule has 1 atom stereocenters. The van der Waals surface area contributed by atoms with Crippen LogP contribution in [-0.2, 0) is 57.0 Å². The number of amides is 4. The van der Waals surface area contributed by atoms with E-state index in [1.54, 1.807) is 110 Å². The number of nitrogens with zero attached hydrogens (tertiary/aromatic N) is 12. The van der Waals surface area contributed by atoms with Crippen LogP contribution in [0.25, 0.3) is 32.8 Å². The fourth-order valence-corrected chi connectivity index (χ4v) is 13.2. The van der Waals surface area contributed by atoms with Crippen molar-refractivity contribution in [3.63, 3.8) is 0 Å². The van der Waals surface area contributed by atoms with Gasteiger partial charge >= 0.3 is 18.0 Å². The van der Waals surface area contributed by atoms with Crippen LogP contribution in [0.1, 0.15) is 103 Å². The summed E-state index contributed by atoms with van der Waals surface area (Å²) in [5.41, 5.74) is 15.4. The summed E-state index contributed by atoms with van der Waals surface area (Å²) in [5.74, 6) is 0.124. The minimum absolute atomic E-state index is 0.00436. The summed E-state index contributed by atoms with van der Waals surface area (Å²) in [4.78, 5) is 114. The first-order valence-corrected chi connectivity index (χ1v) is 42.9. The average molecular weight is 1760 g/mol. The van der Waals surface area contributed by atoms with E-state index >= 15 is 0 Å². The second-order valence-electron chi connectivity index (χ2n) is 29.5. The molecule has 0 aliphatic carbocycles. The second kappa shape index (κ2) is 46.6. The number of hydrogen-bond donors (Lipinski definition) is 7. The number of carbonyl (C=O) groups excluding carboxylic acids is 6. The smallest absolute Gasteiger partial charge is 0.435 e. The first-order valence-electron chi connectivity index (χ1n) is 41.0. The van der Waals surface area contributed by atoms with Crippen molar-refractivity contribution in [2.45, 2.75) is 71.9 Å². The number of aromatic nitrogens is 6. The number of fused-ring (bicyclic) bond motifs is 3. The summed E-state index contributed by atoms with van der Waals surface area (Å²) >= 11 is 5.91. The predicted octanol–water partition coefficient (Wildman–Crippen LogP) is 13.9. The first-order chi connectivity index (χ1) is 60.6. The van der Waals surface area contributed by atoms with Gasteiger partial charge in [0.1, 0.15) is 47.3 Å². The van der Waals surface area contributed by atoms with Crippen molar-refractivity contribution < 1.29 is 74.9 Å². The maximum absolute atomic E-state index is 13.6. The Balaban J connectivity index is 0.000000192. The number of aromatic hydroxyl groups is 1. The molecule has 2 aliphatic heterocycles. The largest absolute Gasteiger partial charge is 0.494 e. The van der Waals surface area contributed by atoms with Crippen LogP contribution in [0.3, 0.4) is 0 Å². The number of imidazole rings is 1. The van der Waals surface area contributed by atoms with Crippen LogP contribution in [0.15, 0.2) is 198 Å². The molecular weight excluding hydrogens is 1660 g/mol. The lowest BCUT2D eigenvalue weighted by Crippen LogP contribution is -2.48. The highest BCUT2D eigenvalue weighted by Crippen LogP contribution is 2.37. The number of aliphatic imine (C=N–C) groups is 2. The van der Waals surface area contributed by atoms with Crippen molar-refractivity contribution in [1.82, 2.24) is 44.2 Å². The van der Waals surface area contributed by atoms with Gasteiger partial charge in [-0.15, -0.1) is 0 Å². The molecule has 0 radical (unpaired) electrons. The number of anilines is 6. The van der Waals surface area contributed by atoms with Gasteiger partial charge in [0.25, 0.3) is 16.0 Å². The summed E-state index contributed by atoms with van der Waals surface area (Å²) < 4.78 is 69.0. The van der Waals surface area contributed by atoms with Gasteiger partial charge in [-0.3, -0.25) is 33.5 Å². The van der Waals surface area contributed by atoms with E-state index in [1.165, 1.54) is 43.5 Å². The summed E-state index contributed by atoms with van der Waals surface area (Å²) in [6.07, 6.45) is 10.3. The van der Waals surface area contributed by atoms with Crippen molar-refractivity contribution in [2.75, 3.05) is 139 Å². The number of nitrogens with two attached hydrogens (primary N) is 1. The molecule has 0 saturated carbocycles. The van der Waals surface area contributed by atoms with Crippen LogP contribution in [0.4, 0.5) is 49.3 Å². The molecule has 664 valence electrons. The third kappa shape index (κ3) is 27.7. The number of carbonyl (C=O) groups is 6. The molecule has 32 nitrogen and oxygen atoms in total. The molecule has 2 saturated heterocycles. The van der Waals surface area contributed by atoms with Gasteiger partial charge in [-0.1, -0.05) is 86.3 Å². The number of likely N-dealkylation sites (N-methyl/N-ethyl adjacent to an activating group) is 3. The Hall–Kier alpha value is -13.1.